The zero-order chi connectivity index (χ0) is 12.0. The SMILES string of the molecule is O=S(O)CC(F)(F)CNC1CCCCCC1. The summed E-state index contributed by atoms with van der Waals surface area (Å²) in [5.41, 5.74) is 0. The van der Waals surface area contributed by atoms with Gasteiger partial charge in [-0.15, -0.1) is 0 Å². The Balaban J connectivity index is 2.28. The second kappa shape index (κ2) is 6.61. The number of rotatable bonds is 5. The van der Waals surface area contributed by atoms with E-state index in [2.05, 4.69) is 5.32 Å². The number of alkyl halides is 2. The average Bonchev–Trinajstić information content (AvgIpc) is 2.40. The van der Waals surface area contributed by atoms with Crippen molar-refractivity contribution in [2.75, 3.05) is 12.3 Å². The molecular formula is C10H19F2NO2S. The molecule has 6 heteroatoms. The summed E-state index contributed by atoms with van der Waals surface area (Å²) in [7, 11) is 0. The van der Waals surface area contributed by atoms with Gasteiger partial charge in [-0.1, -0.05) is 25.7 Å². The van der Waals surface area contributed by atoms with E-state index in [4.69, 9.17) is 4.55 Å². The highest BCUT2D eigenvalue weighted by atomic mass is 32.2. The Kier molecular flexibility index (Phi) is 5.78. The van der Waals surface area contributed by atoms with Crippen LogP contribution >= 0.6 is 0 Å². The van der Waals surface area contributed by atoms with Gasteiger partial charge in [-0.2, -0.15) is 0 Å². The summed E-state index contributed by atoms with van der Waals surface area (Å²) in [4.78, 5) is 0. The largest absolute Gasteiger partial charge is 0.308 e. The molecule has 1 atom stereocenters. The van der Waals surface area contributed by atoms with Crippen molar-refractivity contribution in [2.24, 2.45) is 0 Å². The van der Waals surface area contributed by atoms with Gasteiger partial charge in [0.2, 0.25) is 0 Å². The number of hydrogen-bond donors (Lipinski definition) is 2. The van der Waals surface area contributed by atoms with Crippen molar-refractivity contribution in [2.45, 2.75) is 50.5 Å². The molecule has 1 saturated carbocycles. The first kappa shape index (κ1) is 14.0. The highest BCUT2D eigenvalue weighted by molar-refractivity contribution is 7.79. The number of halogens is 2. The lowest BCUT2D eigenvalue weighted by atomic mass is 10.1. The molecule has 0 aromatic rings. The van der Waals surface area contributed by atoms with E-state index in [-0.39, 0.29) is 6.04 Å². The van der Waals surface area contributed by atoms with Crippen molar-refractivity contribution in [3.63, 3.8) is 0 Å². The minimum atomic E-state index is -3.09. The fourth-order valence-corrected chi connectivity index (χ4v) is 2.47. The minimum absolute atomic E-state index is 0.139. The summed E-state index contributed by atoms with van der Waals surface area (Å²) in [6.07, 6.45) is 6.37. The van der Waals surface area contributed by atoms with E-state index in [0.29, 0.717) is 0 Å². The van der Waals surface area contributed by atoms with Crippen LogP contribution in [-0.4, -0.2) is 33.0 Å². The monoisotopic (exact) mass is 255 g/mol. The third-order valence-corrected chi connectivity index (χ3v) is 3.51. The van der Waals surface area contributed by atoms with Crippen molar-refractivity contribution in [1.29, 1.82) is 0 Å². The highest BCUT2D eigenvalue weighted by Gasteiger charge is 2.32. The second-order valence-corrected chi connectivity index (χ2v) is 5.32. The van der Waals surface area contributed by atoms with Gasteiger partial charge < -0.3 is 9.87 Å². The molecule has 1 aliphatic rings. The van der Waals surface area contributed by atoms with E-state index >= 15 is 0 Å². The van der Waals surface area contributed by atoms with Gasteiger partial charge in [0.25, 0.3) is 5.92 Å². The Hall–Kier alpha value is -0.0700. The molecule has 1 unspecified atom stereocenters. The van der Waals surface area contributed by atoms with E-state index in [1.807, 2.05) is 0 Å². The van der Waals surface area contributed by atoms with Crippen LogP contribution in [0.5, 0.6) is 0 Å². The zero-order valence-corrected chi connectivity index (χ0v) is 10.1. The van der Waals surface area contributed by atoms with Crippen LogP contribution in [0.3, 0.4) is 0 Å². The van der Waals surface area contributed by atoms with E-state index in [0.717, 1.165) is 25.7 Å². The number of nitrogens with one attached hydrogen (secondary N) is 1. The highest BCUT2D eigenvalue weighted by Crippen LogP contribution is 2.19. The molecule has 0 amide bonds. The van der Waals surface area contributed by atoms with Gasteiger partial charge in [-0.05, 0) is 12.8 Å². The van der Waals surface area contributed by atoms with Crippen LogP contribution in [0.4, 0.5) is 8.78 Å². The second-order valence-electron chi connectivity index (χ2n) is 4.39. The summed E-state index contributed by atoms with van der Waals surface area (Å²) in [5.74, 6) is -4.07. The maximum absolute atomic E-state index is 13.1. The molecule has 0 aromatic heterocycles. The molecule has 2 N–H and O–H groups in total. The lowest BCUT2D eigenvalue weighted by molar-refractivity contribution is 0.0227. The Morgan fingerprint density at radius 3 is 2.31 bits per heavy atom. The van der Waals surface area contributed by atoms with Gasteiger partial charge in [0.15, 0.2) is 11.1 Å². The molecule has 0 radical (unpaired) electrons. The third-order valence-electron chi connectivity index (χ3n) is 2.84. The van der Waals surface area contributed by atoms with Gasteiger partial charge >= 0.3 is 0 Å². The molecule has 16 heavy (non-hydrogen) atoms. The molecule has 0 saturated heterocycles. The van der Waals surface area contributed by atoms with Crippen molar-refractivity contribution in [1.82, 2.24) is 5.32 Å². The molecule has 1 rings (SSSR count). The van der Waals surface area contributed by atoms with Crippen LogP contribution in [0.2, 0.25) is 0 Å². The normalized spacial score (nSPS) is 21.7. The first-order valence-corrected chi connectivity index (χ1v) is 6.96. The lowest BCUT2D eigenvalue weighted by Gasteiger charge is -2.20. The predicted molar refractivity (Wildman–Crippen MR) is 60.1 cm³/mol. The van der Waals surface area contributed by atoms with Gasteiger partial charge in [0.1, 0.15) is 5.75 Å². The van der Waals surface area contributed by atoms with Crippen molar-refractivity contribution in [3.05, 3.63) is 0 Å². The molecule has 1 fully saturated rings. The topological polar surface area (TPSA) is 49.3 Å². The van der Waals surface area contributed by atoms with Crippen molar-refractivity contribution >= 4 is 11.1 Å². The molecule has 0 bridgehead atoms. The molecule has 0 heterocycles. The number of hydrogen-bond acceptors (Lipinski definition) is 2. The van der Waals surface area contributed by atoms with E-state index in [9.17, 15) is 13.0 Å². The maximum atomic E-state index is 13.1. The maximum Gasteiger partial charge on any atom is 0.273 e. The summed E-state index contributed by atoms with van der Waals surface area (Å²) >= 11 is -2.43. The minimum Gasteiger partial charge on any atom is -0.308 e. The van der Waals surface area contributed by atoms with Gasteiger partial charge in [-0.25, -0.2) is 13.0 Å². The Bertz CT molecular complexity index is 231. The van der Waals surface area contributed by atoms with Crippen LogP contribution in [0, 0.1) is 0 Å². The molecule has 0 aromatic carbocycles. The summed E-state index contributed by atoms with van der Waals surface area (Å²) in [5, 5.41) is 2.81. The van der Waals surface area contributed by atoms with Crippen LogP contribution in [0.15, 0.2) is 0 Å². The van der Waals surface area contributed by atoms with Crippen LogP contribution < -0.4 is 5.32 Å². The van der Waals surface area contributed by atoms with Crippen molar-refractivity contribution in [3.8, 4) is 0 Å². The lowest BCUT2D eigenvalue weighted by Crippen LogP contribution is -2.41. The Morgan fingerprint density at radius 1 is 1.25 bits per heavy atom. The van der Waals surface area contributed by atoms with Crippen LogP contribution in [0.25, 0.3) is 0 Å². The van der Waals surface area contributed by atoms with E-state index in [1.54, 1.807) is 0 Å². The van der Waals surface area contributed by atoms with Gasteiger partial charge in [0, 0.05) is 6.04 Å². The molecular weight excluding hydrogens is 236 g/mol. The van der Waals surface area contributed by atoms with Crippen LogP contribution in [0.1, 0.15) is 38.5 Å². The average molecular weight is 255 g/mol. The summed E-state index contributed by atoms with van der Waals surface area (Å²) in [6, 6.07) is 0.139. The quantitative estimate of drug-likeness (QED) is 0.584. The van der Waals surface area contributed by atoms with Crippen molar-refractivity contribution < 1.29 is 17.5 Å². The summed E-state index contributed by atoms with van der Waals surface area (Å²) in [6.45, 7) is -0.496. The Morgan fingerprint density at radius 2 is 1.81 bits per heavy atom. The van der Waals surface area contributed by atoms with Crippen LogP contribution in [-0.2, 0) is 11.1 Å². The first-order valence-electron chi connectivity index (χ1n) is 5.68. The van der Waals surface area contributed by atoms with Gasteiger partial charge in [-0.3, -0.25) is 0 Å². The third kappa shape index (κ3) is 5.86. The predicted octanol–water partition coefficient (Wildman–Crippen LogP) is 2.16. The standard InChI is InChI=1S/C10H19F2NO2S/c11-10(12,8-16(14)15)7-13-9-5-3-1-2-4-6-9/h9,13H,1-8H2,(H,14,15). The Labute approximate surface area is 97.3 Å². The zero-order valence-electron chi connectivity index (χ0n) is 9.25. The van der Waals surface area contributed by atoms with Gasteiger partial charge in [0.05, 0.1) is 6.54 Å². The van der Waals surface area contributed by atoms with E-state index in [1.165, 1.54) is 12.8 Å². The molecule has 3 nitrogen and oxygen atoms in total. The molecule has 0 spiro atoms. The molecule has 96 valence electrons. The molecule has 0 aliphatic heterocycles. The first-order chi connectivity index (χ1) is 7.49. The summed E-state index contributed by atoms with van der Waals surface area (Å²) < 4.78 is 45.0. The molecule has 1 aliphatic carbocycles. The smallest absolute Gasteiger partial charge is 0.273 e. The fraction of sp³-hybridized carbons (Fsp3) is 1.00. The fourth-order valence-electron chi connectivity index (χ4n) is 2.01. The van der Waals surface area contributed by atoms with E-state index < -0.39 is 29.3 Å².